The molecule has 0 bridgehead atoms. The van der Waals surface area contributed by atoms with Crippen LogP contribution in [0.15, 0.2) is 17.2 Å². The number of sulfone groups is 1. The van der Waals surface area contributed by atoms with Crippen molar-refractivity contribution >= 4 is 54.0 Å². The van der Waals surface area contributed by atoms with Gasteiger partial charge >= 0.3 is 0 Å². The normalized spacial score (nSPS) is 21.8. The van der Waals surface area contributed by atoms with Crippen LogP contribution in [0.1, 0.15) is 30.4 Å². The molecular formula is C18H20N4O4S2. The molecule has 0 radical (unpaired) electrons. The fourth-order valence-corrected chi connectivity index (χ4v) is 6.31. The van der Waals surface area contributed by atoms with Crippen molar-refractivity contribution in [3.8, 4) is 0 Å². The summed E-state index contributed by atoms with van der Waals surface area (Å²) in [5.41, 5.74) is 3.24. The minimum atomic E-state index is -3.15. The lowest BCUT2D eigenvalue weighted by Crippen LogP contribution is -2.42. The zero-order chi connectivity index (χ0) is 20.1. The van der Waals surface area contributed by atoms with Crippen LogP contribution in [0.4, 0.5) is 5.13 Å². The molecule has 0 aliphatic carbocycles. The van der Waals surface area contributed by atoms with E-state index in [1.54, 1.807) is 0 Å². The second kappa shape index (κ2) is 6.93. The number of thiazole rings is 1. The Morgan fingerprint density at radius 2 is 2.07 bits per heavy atom. The van der Waals surface area contributed by atoms with Gasteiger partial charge in [-0.25, -0.2) is 18.4 Å². The number of carbonyl (C=O) groups is 2. The highest BCUT2D eigenvalue weighted by atomic mass is 32.2. The molecule has 1 N–H and O–H groups in total. The Bertz CT molecular complexity index is 1120. The molecule has 2 amide bonds. The molecule has 2 aliphatic rings. The number of hydrogen-bond acceptors (Lipinski definition) is 7. The van der Waals surface area contributed by atoms with Gasteiger partial charge in [0.15, 0.2) is 15.0 Å². The van der Waals surface area contributed by atoms with Crippen molar-refractivity contribution in [1.82, 2.24) is 9.99 Å². The van der Waals surface area contributed by atoms with E-state index in [-0.39, 0.29) is 36.0 Å². The van der Waals surface area contributed by atoms with Gasteiger partial charge in [-0.1, -0.05) is 17.4 Å². The summed E-state index contributed by atoms with van der Waals surface area (Å²) in [5, 5.41) is 8.63. The average Bonchev–Trinajstić information content (AvgIpc) is 3.17. The van der Waals surface area contributed by atoms with Crippen molar-refractivity contribution in [1.29, 1.82) is 0 Å². The van der Waals surface area contributed by atoms with Crippen molar-refractivity contribution in [3.05, 3.63) is 23.3 Å². The molecule has 2 aromatic rings. The molecule has 3 heterocycles. The van der Waals surface area contributed by atoms with Crippen LogP contribution in [0, 0.1) is 13.8 Å². The summed E-state index contributed by atoms with van der Waals surface area (Å²) in [5.74, 6) is -0.715. The Hall–Kier alpha value is -2.33. The Morgan fingerprint density at radius 3 is 2.79 bits per heavy atom. The van der Waals surface area contributed by atoms with E-state index in [0.29, 0.717) is 11.6 Å². The molecule has 0 saturated carbocycles. The molecule has 1 saturated heterocycles. The highest BCUT2D eigenvalue weighted by Crippen LogP contribution is 2.29. The van der Waals surface area contributed by atoms with Crippen molar-refractivity contribution in [3.63, 3.8) is 0 Å². The lowest BCUT2D eigenvalue weighted by molar-refractivity contribution is -0.133. The SMILES string of the molecule is Cc1cc(C)c2nc(NC(=O)C3=NN(C4CCS(=O)(=O)C4)C(=O)CC3)sc2c1. The third-order valence-corrected chi connectivity index (χ3v) is 7.59. The van der Waals surface area contributed by atoms with E-state index < -0.39 is 21.8 Å². The molecule has 28 heavy (non-hydrogen) atoms. The van der Waals surface area contributed by atoms with Gasteiger partial charge in [0.2, 0.25) is 5.91 Å². The Balaban J connectivity index is 1.55. The number of hydrazone groups is 1. The predicted octanol–water partition coefficient (Wildman–Crippen LogP) is 2.02. The van der Waals surface area contributed by atoms with E-state index in [9.17, 15) is 18.0 Å². The molecule has 148 valence electrons. The zero-order valence-corrected chi connectivity index (χ0v) is 17.2. The lowest BCUT2D eigenvalue weighted by Gasteiger charge is -2.27. The van der Waals surface area contributed by atoms with Crippen LogP contribution < -0.4 is 5.32 Å². The minimum Gasteiger partial charge on any atom is -0.297 e. The Morgan fingerprint density at radius 1 is 1.29 bits per heavy atom. The third kappa shape index (κ3) is 3.66. The quantitative estimate of drug-likeness (QED) is 0.817. The second-order valence-corrected chi connectivity index (χ2v) is 10.5. The summed E-state index contributed by atoms with van der Waals surface area (Å²) in [4.78, 5) is 29.3. The largest absolute Gasteiger partial charge is 0.297 e. The number of rotatable bonds is 3. The molecule has 10 heteroatoms. The number of carbonyl (C=O) groups excluding carboxylic acids is 2. The van der Waals surface area contributed by atoms with E-state index in [4.69, 9.17) is 0 Å². The smallest absolute Gasteiger partial charge is 0.273 e. The van der Waals surface area contributed by atoms with Gasteiger partial charge < -0.3 is 0 Å². The van der Waals surface area contributed by atoms with Crippen LogP contribution in [0.3, 0.4) is 0 Å². The number of aryl methyl sites for hydroxylation is 2. The maximum Gasteiger partial charge on any atom is 0.273 e. The van der Waals surface area contributed by atoms with Crippen molar-refractivity contribution < 1.29 is 18.0 Å². The molecular weight excluding hydrogens is 400 g/mol. The number of anilines is 1. The Labute approximate surface area is 166 Å². The van der Waals surface area contributed by atoms with E-state index in [2.05, 4.69) is 15.4 Å². The van der Waals surface area contributed by atoms with Gasteiger partial charge in [-0.3, -0.25) is 14.9 Å². The molecule has 1 aromatic carbocycles. The summed E-state index contributed by atoms with van der Waals surface area (Å²) in [6, 6.07) is 3.57. The molecule has 8 nitrogen and oxygen atoms in total. The fraction of sp³-hybridized carbons (Fsp3) is 0.444. The lowest BCUT2D eigenvalue weighted by atomic mass is 10.1. The van der Waals surface area contributed by atoms with E-state index in [1.807, 2.05) is 26.0 Å². The molecule has 0 spiro atoms. The van der Waals surface area contributed by atoms with Gasteiger partial charge in [0, 0.05) is 12.8 Å². The number of nitrogens with zero attached hydrogens (tertiary/aromatic N) is 3. The van der Waals surface area contributed by atoms with Crippen LogP contribution in [0.5, 0.6) is 0 Å². The number of benzene rings is 1. The van der Waals surface area contributed by atoms with Crippen molar-refractivity contribution in [2.24, 2.45) is 5.10 Å². The van der Waals surface area contributed by atoms with Gasteiger partial charge in [-0.2, -0.15) is 5.10 Å². The van der Waals surface area contributed by atoms with Crippen molar-refractivity contribution in [2.45, 2.75) is 39.2 Å². The van der Waals surface area contributed by atoms with Crippen LogP contribution in [0.25, 0.3) is 10.2 Å². The van der Waals surface area contributed by atoms with Crippen LogP contribution in [-0.4, -0.2) is 53.5 Å². The monoisotopic (exact) mass is 420 g/mol. The summed E-state index contributed by atoms with van der Waals surface area (Å²) in [6.45, 7) is 3.99. The first kappa shape index (κ1) is 19.0. The molecule has 4 rings (SSSR count). The first-order chi connectivity index (χ1) is 13.2. The van der Waals surface area contributed by atoms with Gasteiger partial charge in [0.1, 0.15) is 5.71 Å². The first-order valence-electron chi connectivity index (χ1n) is 9.01. The third-order valence-electron chi connectivity index (χ3n) is 4.93. The van der Waals surface area contributed by atoms with Gasteiger partial charge in [0.25, 0.3) is 5.91 Å². The summed E-state index contributed by atoms with van der Waals surface area (Å²) in [7, 11) is -3.15. The highest BCUT2D eigenvalue weighted by molar-refractivity contribution is 7.91. The van der Waals surface area contributed by atoms with E-state index in [0.717, 1.165) is 21.3 Å². The fourth-order valence-electron chi connectivity index (χ4n) is 3.58. The number of amides is 2. The van der Waals surface area contributed by atoms with E-state index >= 15 is 0 Å². The average molecular weight is 421 g/mol. The molecule has 1 aromatic heterocycles. The second-order valence-electron chi connectivity index (χ2n) is 7.24. The predicted molar refractivity (Wildman–Crippen MR) is 108 cm³/mol. The maximum absolute atomic E-state index is 12.7. The van der Waals surface area contributed by atoms with Crippen molar-refractivity contribution in [2.75, 3.05) is 16.8 Å². The van der Waals surface area contributed by atoms with Gasteiger partial charge in [-0.15, -0.1) is 0 Å². The summed E-state index contributed by atoms with van der Waals surface area (Å²) < 4.78 is 24.4. The number of aromatic nitrogens is 1. The number of hydrogen-bond donors (Lipinski definition) is 1. The van der Waals surface area contributed by atoms with Crippen LogP contribution in [-0.2, 0) is 19.4 Å². The zero-order valence-electron chi connectivity index (χ0n) is 15.6. The topological polar surface area (TPSA) is 109 Å². The number of fused-ring (bicyclic) bond motifs is 1. The van der Waals surface area contributed by atoms with Crippen LogP contribution >= 0.6 is 11.3 Å². The van der Waals surface area contributed by atoms with E-state index in [1.165, 1.54) is 16.3 Å². The standard InChI is InChI=1S/C18H20N4O4S2/c1-10-7-11(2)16-14(8-10)27-18(19-16)20-17(24)13-3-4-15(23)22(21-13)12-5-6-28(25,26)9-12/h7-8,12H,3-6,9H2,1-2H3,(H,19,20,24). The molecule has 1 unspecified atom stereocenters. The summed E-state index contributed by atoms with van der Waals surface area (Å²) in [6.07, 6.45) is 0.716. The van der Waals surface area contributed by atoms with Gasteiger partial charge in [0.05, 0.1) is 27.8 Å². The maximum atomic E-state index is 12.7. The minimum absolute atomic E-state index is 0.0446. The first-order valence-corrected chi connectivity index (χ1v) is 11.6. The summed E-state index contributed by atoms with van der Waals surface area (Å²) >= 11 is 1.39. The molecule has 2 aliphatic heterocycles. The Kier molecular flexibility index (Phi) is 4.70. The van der Waals surface area contributed by atoms with Crippen LogP contribution in [0.2, 0.25) is 0 Å². The van der Waals surface area contributed by atoms with Gasteiger partial charge in [-0.05, 0) is 37.5 Å². The highest BCUT2D eigenvalue weighted by Gasteiger charge is 2.37. The molecule has 1 atom stereocenters. The molecule has 1 fully saturated rings. The number of nitrogens with one attached hydrogen (secondary N) is 1.